The molecule has 1 aromatic carbocycles. The number of hydrogen-bond donors (Lipinski definition) is 1. The Hall–Kier alpha value is -2.28. The second kappa shape index (κ2) is 7.65. The molecule has 4 nitrogen and oxygen atoms in total. The van der Waals surface area contributed by atoms with Gasteiger partial charge in [-0.2, -0.15) is 5.26 Å². The zero-order valence-corrected chi connectivity index (χ0v) is 13.9. The van der Waals surface area contributed by atoms with Crippen molar-refractivity contribution in [1.82, 2.24) is 0 Å². The van der Waals surface area contributed by atoms with Gasteiger partial charge in [0.05, 0.1) is 11.3 Å². The Bertz CT molecular complexity index is 592. The normalized spacial score (nSPS) is 12.7. The third-order valence-electron chi connectivity index (χ3n) is 3.52. The zero-order valence-electron chi connectivity index (χ0n) is 13.9. The highest BCUT2D eigenvalue weighted by Crippen LogP contribution is 2.35. The molecule has 0 heterocycles. The summed E-state index contributed by atoms with van der Waals surface area (Å²) in [4.78, 5) is 10.7. The second-order valence-corrected chi connectivity index (χ2v) is 6.14. The van der Waals surface area contributed by atoms with Crippen LogP contribution in [0.3, 0.4) is 0 Å². The van der Waals surface area contributed by atoms with Crippen LogP contribution in [-0.2, 0) is 4.79 Å². The van der Waals surface area contributed by atoms with Crippen molar-refractivity contribution in [2.24, 2.45) is 5.41 Å². The molecule has 0 aliphatic heterocycles. The first-order valence-electron chi connectivity index (χ1n) is 7.42. The van der Waals surface area contributed by atoms with Crippen LogP contribution in [0, 0.1) is 16.7 Å². The van der Waals surface area contributed by atoms with Crippen LogP contribution in [0.1, 0.15) is 45.2 Å². The van der Waals surface area contributed by atoms with Gasteiger partial charge in [0.1, 0.15) is 24.2 Å². The number of ether oxygens (including phenoxy) is 1. The largest absolute Gasteiger partial charge is 0.489 e. The zero-order chi connectivity index (χ0) is 16.8. The first-order chi connectivity index (χ1) is 10.4. The molecule has 1 unspecified atom stereocenters. The topological polar surface area (TPSA) is 62.1 Å². The van der Waals surface area contributed by atoms with Gasteiger partial charge in [-0.3, -0.25) is 4.79 Å². The van der Waals surface area contributed by atoms with Gasteiger partial charge in [0.2, 0.25) is 0 Å². The maximum atomic E-state index is 10.7. The summed E-state index contributed by atoms with van der Waals surface area (Å²) in [6.45, 7) is 8.47. The van der Waals surface area contributed by atoms with Gasteiger partial charge in [-0.05, 0) is 36.1 Å². The molecule has 0 aromatic heterocycles. The molecule has 0 saturated carbocycles. The maximum absolute atomic E-state index is 10.7. The first-order valence-corrected chi connectivity index (χ1v) is 7.42. The van der Waals surface area contributed by atoms with Crippen molar-refractivity contribution in [2.45, 2.75) is 40.2 Å². The van der Waals surface area contributed by atoms with E-state index in [2.05, 4.69) is 39.1 Å². The van der Waals surface area contributed by atoms with Crippen molar-refractivity contribution in [3.63, 3.8) is 0 Å². The lowest BCUT2D eigenvalue weighted by atomic mass is 9.87. The van der Waals surface area contributed by atoms with E-state index in [0.717, 1.165) is 12.0 Å². The molecule has 1 rings (SSSR count). The molecular weight excluding hydrogens is 276 g/mol. The number of carbonyl (C=O) groups is 1. The molecule has 0 spiro atoms. The van der Waals surface area contributed by atoms with Crippen LogP contribution >= 0.6 is 0 Å². The molecule has 1 aromatic rings. The van der Waals surface area contributed by atoms with Crippen LogP contribution in [0.5, 0.6) is 5.75 Å². The monoisotopic (exact) mass is 300 g/mol. The lowest BCUT2D eigenvalue weighted by Gasteiger charge is -2.31. The van der Waals surface area contributed by atoms with Crippen molar-refractivity contribution < 1.29 is 9.53 Å². The minimum Gasteiger partial charge on any atom is -0.489 e. The highest BCUT2D eigenvalue weighted by atomic mass is 16.5. The van der Waals surface area contributed by atoms with Crippen LogP contribution in [0.2, 0.25) is 0 Å². The van der Waals surface area contributed by atoms with Crippen molar-refractivity contribution >= 4 is 18.0 Å². The molecule has 0 fully saturated rings. The minimum atomic E-state index is -0.00585. The quantitative estimate of drug-likeness (QED) is 0.637. The molecular formula is C18H24N2O2. The predicted octanol–water partition coefficient (Wildman–Crippen LogP) is 4.02. The third kappa shape index (κ3) is 4.11. The van der Waals surface area contributed by atoms with Crippen molar-refractivity contribution in [1.29, 1.82) is 5.26 Å². The Balaban J connectivity index is 3.38. The van der Waals surface area contributed by atoms with Crippen LogP contribution in [0.4, 0.5) is 5.69 Å². The van der Waals surface area contributed by atoms with Crippen molar-refractivity contribution in [3.05, 3.63) is 29.3 Å². The van der Waals surface area contributed by atoms with Crippen LogP contribution in [0.25, 0.3) is 6.08 Å². The maximum Gasteiger partial charge on any atom is 0.142 e. The van der Waals surface area contributed by atoms with Gasteiger partial charge in [-0.25, -0.2) is 0 Å². The van der Waals surface area contributed by atoms with Gasteiger partial charge in [0.15, 0.2) is 0 Å². The SMILES string of the molecule is CCC(Oc1ccc(C#N)c(NC)c1/C=C\C=O)C(C)(C)C. The van der Waals surface area contributed by atoms with E-state index < -0.39 is 0 Å². The Morgan fingerprint density at radius 3 is 2.55 bits per heavy atom. The number of benzene rings is 1. The lowest BCUT2D eigenvalue weighted by molar-refractivity contribution is -0.104. The summed E-state index contributed by atoms with van der Waals surface area (Å²) in [7, 11) is 1.75. The number of carbonyl (C=O) groups excluding carboxylic acids is 1. The summed E-state index contributed by atoms with van der Waals surface area (Å²) in [5.74, 6) is 0.670. The van der Waals surface area contributed by atoms with Gasteiger partial charge < -0.3 is 10.1 Å². The molecule has 0 saturated heterocycles. The van der Waals surface area contributed by atoms with Crippen LogP contribution in [0.15, 0.2) is 18.2 Å². The first kappa shape index (κ1) is 17.8. The molecule has 1 atom stereocenters. The number of nitriles is 1. The summed E-state index contributed by atoms with van der Waals surface area (Å²) in [6, 6.07) is 5.67. The molecule has 22 heavy (non-hydrogen) atoms. The van der Waals surface area contributed by atoms with Gasteiger partial charge in [-0.1, -0.05) is 27.7 Å². The molecule has 0 bridgehead atoms. The van der Waals surface area contributed by atoms with E-state index in [9.17, 15) is 10.1 Å². The molecule has 0 radical (unpaired) electrons. The van der Waals surface area contributed by atoms with Gasteiger partial charge >= 0.3 is 0 Å². The number of nitrogens with zero attached hydrogens (tertiary/aromatic N) is 1. The molecule has 118 valence electrons. The van der Waals surface area contributed by atoms with E-state index in [0.29, 0.717) is 23.3 Å². The number of aldehydes is 1. The molecule has 1 N–H and O–H groups in total. The number of nitrogens with one attached hydrogen (secondary N) is 1. The fourth-order valence-electron chi connectivity index (χ4n) is 2.39. The van der Waals surface area contributed by atoms with E-state index in [4.69, 9.17) is 4.74 Å². The Morgan fingerprint density at radius 1 is 1.41 bits per heavy atom. The van der Waals surface area contributed by atoms with E-state index >= 15 is 0 Å². The minimum absolute atomic E-state index is 0.00585. The summed E-state index contributed by atoms with van der Waals surface area (Å²) >= 11 is 0. The fraction of sp³-hybridized carbons (Fsp3) is 0.444. The number of allylic oxidation sites excluding steroid dienone is 1. The van der Waals surface area contributed by atoms with E-state index in [1.165, 1.54) is 6.08 Å². The second-order valence-electron chi connectivity index (χ2n) is 6.14. The van der Waals surface area contributed by atoms with Gasteiger partial charge in [0.25, 0.3) is 0 Å². The standard InChI is InChI=1S/C18H24N2O2/c1-6-16(18(2,3)4)22-15-10-9-13(12-19)17(20-5)14(15)8-7-11-21/h7-11,16,20H,6H2,1-5H3/b8-7-. The van der Waals surface area contributed by atoms with Crippen LogP contribution in [-0.4, -0.2) is 19.4 Å². The Morgan fingerprint density at radius 2 is 2.09 bits per heavy atom. The summed E-state index contributed by atoms with van der Waals surface area (Å²) in [5, 5.41) is 12.2. The number of anilines is 1. The molecule has 0 aliphatic rings. The van der Waals surface area contributed by atoms with E-state index in [1.54, 1.807) is 25.3 Å². The summed E-state index contributed by atoms with van der Waals surface area (Å²) in [5.41, 5.74) is 1.90. The number of hydrogen-bond acceptors (Lipinski definition) is 4. The van der Waals surface area contributed by atoms with Gasteiger partial charge in [-0.15, -0.1) is 0 Å². The molecule has 0 aliphatic carbocycles. The average molecular weight is 300 g/mol. The number of rotatable bonds is 6. The van der Waals surface area contributed by atoms with Crippen LogP contribution < -0.4 is 10.1 Å². The van der Waals surface area contributed by atoms with Crippen molar-refractivity contribution in [2.75, 3.05) is 12.4 Å². The smallest absolute Gasteiger partial charge is 0.142 e. The van der Waals surface area contributed by atoms with E-state index in [1.807, 2.05) is 0 Å². The third-order valence-corrected chi connectivity index (χ3v) is 3.52. The predicted molar refractivity (Wildman–Crippen MR) is 90.0 cm³/mol. The Kier molecular flexibility index (Phi) is 6.18. The van der Waals surface area contributed by atoms with Crippen molar-refractivity contribution in [3.8, 4) is 11.8 Å². The Labute approximate surface area is 132 Å². The molecule has 4 heteroatoms. The van der Waals surface area contributed by atoms with Gasteiger partial charge in [0, 0.05) is 12.6 Å². The summed E-state index contributed by atoms with van der Waals surface area (Å²) < 4.78 is 6.18. The molecule has 0 amide bonds. The fourth-order valence-corrected chi connectivity index (χ4v) is 2.39. The highest BCUT2D eigenvalue weighted by molar-refractivity contribution is 5.82. The highest BCUT2D eigenvalue weighted by Gasteiger charge is 2.26. The average Bonchev–Trinajstić information content (AvgIpc) is 2.48. The lowest BCUT2D eigenvalue weighted by Crippen LogP contribution is -2.31. The van der Waals surface area contributed by atoms with E-state index in [-0.39, 0.29) is 11.5 Å². The summed E-state index contributed by atoms with van der Waals surface area (Å²) in [6.07, 6.45) is 4.69.